The third-order valence-electron chi connectivity index (χ3n) is 6.16. The third-order valence-corrected chi connectivity index (χ3v) is 6.39. The van der Waals surface area contributed by atoms with Gasteiger partial charge in [0.2, 0.25) is 0 Å². The highest BCUT2D eigenvalue weighted by molar-refractivity contribution is 6.30. The first-order chi connectivity index (χ1) is 16.8. The van der Waals surface area contributed by atoms with Crippen molar-refractivity contribution in [1.82, 2.24) is 15.6 Å². The second-order valence-corrected chi connectivity index (χ2v) is 8.88. The Morgan fingerprint density at radius 1 is 1.26 bits per heavy atom. The Labute approximate surface area is 206 Å². The van der Waals surface area contributed by atoms with E-state index in [1.54, 1.807) is 42.6 Å². The molecule has 3 aromatic rings. The molecule has 1 amide bonds. The molecule has 3 atom stereocenters. The normalized spacial score (nSPS) is 18.3. The topological polar surface area (TPSA) is 143 Å². The van der Waals surface area contributed by atoms with E-state index in [-0.39, 0.29) is 23.8 Å². The van der Waals surface area contributed by atoms with Crippen molar-refractivity contribution in [2.75, 3.05) is 18.8 Å². The minimum atomic E-state index is -0.903. The van der Waals surface area contributed by atoms with Crippen LogP contribution in [0, 0.1) is 5.82 Å². The monoisotopic (exact) mass is 497 g/mol. The zero-order valence-corrected chi connectivity index (χ0v) is 19.4. The first-order valence-corrected chi connectivity index (χ1v) is 11.4. The molecule has 4 rings (SSSR count). The van der Waals surface area contributed by atoms with E-state index in [0.717, 1.165) is 5.56 Å². The number of rotatable bonds is 7. The summed E-state index contributed by atoms with van der Waals surface area (Å²) in [6.45, 7) is 0.601. The van der Waals surface area contributed by atoms with Crippen LogP contribution in [0.1, 0.15) is 39.9 Å². The predicted octanol–water partition coefficient (Wildman–Crippen LogP) is 3.08. The standard InChI is InChI=1S/C25H25ClFN5O3/c26-17-3-1-2-14(6-17)22(10-28)32-24(33)18-5-4-13(8-20(18)27)19-7-15(12-31-23(19)29)16-9-21(25(34)35)30-11-16/h1-8,12,16,21-22,30H,9-11,28H2,(H2,29,31)(H,32,33)(H,34,35)/t16-,21-,22+/m0/s1. The van der Waals surface area contributed by atoms with Crippen molar-refractivity contribution in [3.8, 4) is 11.1 Å². The van der Waals surface area contributed by atoms with E-state index in [4.69, 9.17) is 23.1 Å². The molecule has 1 aromatic heterocycles. The summed E-state index contributed by atoms with van der Waals surface area (Å²) in [7, 11) is 0. The van der Waals surface area contributed by atoms with Crippen LogP contribution in [0.4, 0.5) is 10.2 Å². The summed E-state index contributed by atoms with van der Waals surface area (Å²) < 4.78 is 15.0. The molecule has 1 fully saturated rings. The first kappa shape index (κ1) is 24.6. The van der Waals surface area contributed by atoms with Crippen molar-refractivity contribution >= 4 is 29.3 Å². The number of aliphatic carboxylic acids is 1. The van der Waals surface area contributed by atoms with Crippen LogP contribution in [0.5, 0.6) is 0 Å². The number of aromatic nitrogens is 1. The highest BCUT2D eigenvalue weighted by Gasteiger charge is 2.30. The first-order valence-electron chi connectivity index (χ1n) is 11.0. The summed E-state index contributed by atoms with van der Waals surface area (Å²) in [4.78, 5) is 28.3. The van der Waals surface area contributed by atoms with E-state index in [1.807, 2.05) is 0 Å². The number of nitrogens with one attached hydrogen (secondary N) is 2. The fourth-order valence-electron chi connectivity index (χ4n) is 4.23. The maximum atomic E-state index is 15.0. The van der Waals surface area contributed by atoms with Crippen molar-refractivity contribution in [2.24, 2.45) is 5.73 Å². The number of carboxylic acids is 1. The molecule has 35 heavy (non-hydrogen) atoms. The Kier molecular flexibility index (Phi) is 7.30. The van der Waals surface area contributed by atoms with E-state index in [0.29, 0.717) is 34.7 Å². The minimum absolute atomic E-state index is 0.0578. The molecule has 0 unspecified atom stereocenters. The molecule has 2 aromatic carbocycles. The Bertz CT molecular complexity index is 1270. The summed E-state index contributed by atoms with van der Waals surface area (Å²) in [6, 6.07) is 11.8. The largest absolute Gasteiger partial charge is 0.480 e. The molecule has 1 aliphatic heterocycles. The third kappa shape index (κ3) is 5.43. The Hall–Kier alpha value is -3.53. The highest BCUT2D eigenvalue weighted by Crippen LogP contribution is 2.32. The molecular weight excluding hydrogens is 473 g/mol. The van der Waals surface area contributed by atoms with Crippen molar-refractivity contribution in [2.45, 2.75) is 24.4 Å². The summed E-state index contributed by atoms with van der Waals surface area (Å²) in [5.74, 6) is -2.09. The fraction of sp³-hybridized carbons (Fsp3) is 0.240. The fourth-order valence-corrected chi connectivity index (χ4v) is 4.43. The maximum absolute atomic E-state index is 15.0. The van der Waals surface area contributed by atoms with E-state index >= 15 is 4.39 Å². The molecule has 1 aliphatic rings. The number of carbonyl (C=O) groups excluding carboxylic acids is 1. The van der Waals surface area contributed by atoms with Gasteiger partial charge in [-0.1, -0.05) is 29.8 Å². The number of benzene rings is 2. The van der Waals surface area contributed by atoms with Gasteiger partial charge in [-0.3, -0.25) is 9.59 Å². The molecule has 1 saturated heterocycles. The van der Waals surface area contributed by atoms with Gasteiger partial charge in [-0.25, -0.2) is 9.37 Å². The number of carboxylic acid groups (broad SMARTS) is 1. The molecule has 0 aliphatic carbocycles. The van der Waals surface area contributed by atoms with Gasteiger partial charge < -0.3 is 27.2 Å². The van der Waals surface area contributed by atoms with Gasteiger partial charge >= 0.3 is 5.97 Å². The van der Waals surface area contributed by atoms with Gasteiger partial charge in [0.15, 0.2) is 0 Å². The van der Waals surface area contributed by atoms with E-state index in [1.165, 1.54) is 12.1 Å². The van der Waals surface area contributed by atoms with Gasteiger partial charge in [-0.15, -0.1) is 0 Å². The van der Waals surface area contributed by atoms with Crippen LogP contribution in [-0.2, 0) is 4.79 Å². The molecular formula is C25H25ClFN5O3. The molecule has 8 nitrogen and oxygen atoms in total. The average Bonchev–Trinajstić information content (AvgIpc) is 3.33. The van der Waals surface area contributed by atoms with Crippen molar-refractivity contribution in [1.29, 1.82) is 0 Å². The molecule has 0 radical (unpaired) electrons. The molecule has 0 spiro atoms. The molecule has 0 saturated carbocycles. The molecule has 2 heterocycles. The van der Waals surface area contributed by atoms with Crippen molar-refractivity contribution in [3.05, 3.63) is 82.3 Å². The SMILES string of the molecule is NC[C@@H](NC(=O)c1ccc(-c2cc([C@@H]3CN[C@H](C(=O)O)C3)cnc2N)cc1F)c1cccc(Cl)c1. The minimum Gasteiger partial charge on any atom is -0.480 e. The zero-order valence-electron chi connectivity index (χ0n) is 18.7. The Morgan fingerprint density at radius 2 is 2.06 bits per heavy atom. The summed E-state index contributed by atoms with van der Waals surface area (Å²) in [5, 5.41) is 15.4. The number of nitrogen functional groups attached to an aromatic ring is 1. The maximum Gasteiger partial charge on any atom is 0.320 e. The second kappa shape index (κ2) is 10.4. The van der Waals surface area contributed by atoms with Gasteiger partial charge in [0, 0.05) is 29.9 Å². The lowest BCUT2D eigenvalue weighted by molar-refractivity contribution is -0.139. The van der Waals surface area contributed by atoms with Crippen molar-refractivity contribution < 1.29 is 19.1 Å². The molecule has 10 heteroatoms. The smallest absolute Gasteiger partial charge is 0.320 e. The molecule has 7 N–H and O–H groups in total. The number of anilines is 1. The quantitative estimate of drug-likeness (QED) is 0.337. The van der Waals surface area contributed by atoms with Crippen molar-refractivity contribution in [3.63, 3.8) is 0 Å². The number of hydrogen-bond donors (Lipinski definition) is 5. The number of halogens is 2. The van der Waals surface area contributed by atoms with Gasteiger partial charge in [0.25, 0.3) is 5.91 Å². The van der Waals surface area contributed by atoms with Crippen LogP contribution in [0.15, 0.2) is 54.7 Å². The number of carbonyl (C=O) groups is 2. The highest BCUT2D eigenvalue weighted by atomic mass is 35.5. The second-order valence-electron chi connectivity index (χ2n) is 8.44. The van der Waals surface area contributed by atoms with Crippen LogP contribution in [0.2, 0.25) is 5.02 Å². The summed E-state index contributed by atoms with van der Waals surface area (Å²) >= 11 is 6.03. The van der Waals surface area contributed by atoms with Crippen LogP contribution in [-0.4, -0.2) is 41.1 Å². The molecule has 0 bridgehead atoms. The van der Waals surface area contributed by atoms with Crippen LogP contribution in [0.25, 0.3) is 11.1 Å². The zero-order chi connectivity index (χ0) is 25.1. The lowest BCUT2D eigenvalue weighted by Crippen LogP contribution is -2.33. The lowest BCUT2D eigenvalue weighted by atomic mass is 9.94. The predicted molar refractivity (Wildman–Crippen MR) is 132 cm³/mol. The average molecular weight is 498 g/mol. The van der Waals surface area contributed by atoms with Crippen LogP contribution in [0.3, 0.4) is 0 Å². The lowest BCUT2D eigenvalue weighted by Gasteiger charge is -2.18. The Balaban J connectivity index is 1.55. The van der Waals surface area contributed by atoms with Gasteiger partial charge in [-0.2, -0.15) is 0 Å². The number of nitrogens with zero attached hydrogens (tertiary/aromatic N) is 1. The van der Waals surface area contributed by atoms with E-state index in [2.05, 4.69) is 15.6 Å². The van der Waals surface area contributed by atoms with E-state index < -0.39 is 29.8 Å². The molecule has 182 valence electrons. The number of hydrogen-bond acceptors (Lipinski definition) is 6. The van der Waals surface area contributed by atoms with Gasteiger partial charge in [-0.05, 0) is 59.4 Å². The summed E-state index contributed by atoms with van der Waals surface area (Å²) in [6.07, 6.45) is 2.03. The Morgan fingerprint density at radius 3 is 2.71 bits per heavy atom. The van der Waals surface area contributed by atoms with Crippen LogP contribution >= 0.6 is 11.6 Å². The number of pyridine rings is 1. The number of nitrogens with two attached hydrogens (primary N) is 2. The van der Waals surface area contributed by atoms with Gasteiger partial charge in [0.1, 0.15) is 17.7 Å². The summed E-state index contributed by atoms with van der Waals surface area (Å²) in [5.41, 5.74) is 14.2. The van der Waals surface area contributed by atoms with Gasteiger partial charge in [0.05, 0.1) is 11.6 Å². The van der Waals surface area contributed by atoms with Crippen LogP contribution < -0.4 is 22.1 Å². The number of amides is 1. The van der Waals surface area contributed by atoms with E-state index in [9.17, 15) is 14.7 Å².